The van der Waals surface area contributed by atoms with Crippen molar-refractivity contribution in [2.45, 2.75) is 52.6 Å². The van der Waals surface area contributed by atoms with E-state index in [0.717, 1.165) is 16.9 Å². The molecule has 1 unspecified atom stereocenters. The van der Waals surface area contributed by atoms with E-state index in [9.17, 15) is 0 Å². The number of rotatable bonds is 3. The van der Waals surface area contributed by atoms with E-state index in [0.29, 0.717) is 16.9 Å². The number of benzene rings is 1. The molecule has 1 aromatic carbocycles. The molecule has 0 spiro atoms. The molecule has 0 saturated heterocycles. The maximum atomic E-state index is 3.86. The van der Waals surface area contributed by atoms with Gasteiger partial charge in [-0.15, -0.1) is 0 Å². The topological polar surface area (TPSA) is 12.0 Å². The van der Waals surface area contributed by atoms with Gasteiger partial charge in [0.1, 0.15) is 0 Å². The summed E-state index contributed by atoms with van der Waals surface area (Å²) in [6, 6.07) is 9.33. The minimum absolute atomic E-state index is 0.447. The van der Waals surface area contributed by atoms with E-state index in [1.165, 1.54) is 24.8 Å². The smallest absolute Gasteiger partial charge is 0.0208 e. The molecule has 1 N–H and O–H groups in total. The molecular formula is C17H24BrN. The second kappa shape index (κ2) is 4.60. The Bertz CT molecular complexity index is 460. The Kier molecular flexibility index (Phi) is 3.30. The van der Waals surface area contributed by atoms with Crippen molar-refractivity contribution in [3.05, 3.63) is 34.3 Å². The molecule has 1 nitrogen and oxygen atoms in total. The summed E-state index contributed by atoms with van der Waals surface area (Å²) in [5, 5.41) is 3.86. The number of halogens is 1. The highest BCUT2D eigenvalue weighted by Crippen LogP contribution is 2.62. The van der Waals surface area contributed by atoms with E-state index in [2.05, 4.69) is 66.3 Å². The maximum Gasteiger partial charge on any atom is 0.0208 e. The quantitative estimate of drug-likeness (QED) is 0.846. The van der Waals surface area contributed by atoms with E-state index < -0.39 is 0 Å². The standard InChI is InChI=1S/C17H24BrN/c1-16(2)13-8-9-17(3,10-13)15(16)19-11-12-4-6-14(18)7-5-12/h4-7,13,15,19H,8-11H2,1-3H3/t13-,15?,17+/m0/s1. The highest BCUT2D eigenvalue weighted by molar-refractivity contribution is 9.10. The molecule has 0 aromatic heterocycles. The summed E-state index contributed by atoms with van der Waals surface area (Å²) >= 11 is 3.50. The van der Waals surface area contributed by atoms with Crippen LogP contribution < -0.4 is 5.32 Å². The van der Waals surface area contributed by atoms with Crippen LogP contribution in [0.5, 0.6) is 0 Å². The molecule has 3 atom stereocenters. The summed E-state index contributed by atoms with van der Waals surface area (Å²) in [6.07, 6.45) is 4.25. The molecule has 0 aliphatic heterocycles. The van der Waals surface area contributed by atoms with E-state index in [1.54, 1.807) is 0 Å². The first-order valence-electron chi connectivity index (χ1n) is 7.40. The first-order chi connectivity index (χ1) is 8.92. The third kappa shape index (κ3) is 2.27. The van der Waals surface area contributed by atoms with Gasteiger partial charge in [0.2, 0.25) is 0 Å². The van der Waals surface area contributed by atoms with Gasteiger partial charge in [0.15, 0.2) is 0 Å². The van der Waals surface area contributed by atoms with Crippen molar-refractivity contribution in [3.63, 3.8) is 0 Å². The van der Waals surface area contributed by atoms with Crippen molar-refractivity contribution in [2.24, 2.45) is 16.7 Å². The van der Waals surface area contributed by atoms with Crippen LogP contribution in [0.25, 0.3) is 0 Å². The molecule has 19 heavy (non-hydrogen) atoms. The van der Waals surface area contributed by atoms with Gasteiger partial charge in [-0.3, -0.25) is 0 Å². The zero-order valence-electron chi connectivity index (χ0n) is 12.2. The van der Waals surface area contributed by atoms with Crippen molar-refractivity contribution in [2.75, 3.05) is 0 Å². The third-order valence-electron chi connectivity index (χ3n) is 5.69. The van der Waals surface area contributed by atoms with Crippen LogP contribution in [0.4, 0.5) is 0 Å². The van der Waals surface area contributed by atoms with Gasteiger partial charge in [0.25, 0.3) is 0 Å². The van der Waals surface area contributed by atoms with Crippen LogP contribution in [-0.2, 0) is 6.54 Å². The second-order valence-electron chi connectivity index (χ2n) is 7.36. The average Bonchev–Trinajstić information content (AvgIpc) is 2.82. The zero-order chi connectivity index (χ0) is 13.7. The largest absolute Gasteiger partial charge is 0.309 e. The fraction of sp³-hybridized carbons (Fsp3) is 0.647. The predicted molar refractivity (Wildman–Crippen MR) is 84.0 cm³/mol. The monoisotopic (exact) mass is 321 g/mol. The summed E-state index contributed by atoms with van der Waals surface area (Å²) in [5.74, 6) is 0.917. The predicted octanol–water partition coefficient (Wildman–Crippen LogP) is 4.75. The van der Waals surface area contributed by atoms with Crippen molar-refractivity contribution in [1.29, 1.82) is 0 Å². The number of nitrogens with one attached hydrogen (secondary N) is 1. The first kappa shape index (κ1) is 13.6. The molecule has 2 saturated carbocycles. The number of hydrogen-bond donors (Lipinski definition) is 1. The van der Waals surface area contributed by atoms with Gasteiger partial charge in [-0.1, -0.05) is 48.8 Å². The molecule has 2 aliphatic rings. The van der Waals surface area contributed by atoms with Crippen LogP contribution in [0, 0.1) is 16.7 Å². The fourth-order valence-corrected chi connectivity index (χ4v) is 4.90. The van der Waals surface area contributed by atoms with Crippen molar-refractivity contribution >= 4 is 15.9 Å². The highest BCUT2D eigenvalue weighted by Gasteiger charge is 2.58. The van der Waals surface area contributed by atoms with Crippen LogP contribution in [0.15, 0.2) is 28.7 Å². The normalized spacial score (nSPS) is 35.8. The third-order valence-corrected chi connectivity index (χ3v) is 6.22. The second-order valence-corrected chi connectivity index (χ2v) is 8.27. The molecule has 1 aromatic rings. The van der Waals surface area contributed by atoms with E-state index in [4.69, 9.17) is 0 Å². The van der Waals surface area contributed by atoms with Gasteiger partial charge in [-0.25, -0.2) is 0 Å². The molecular weight excluding hydrogens is 298 g/mol. The van der Waals surface area contributed by atoms with Crippen LogP contribution in [0.3, 0.4) is 0 Å². The van der Waals surface area contributed by atoms with Crippen LogP contribution in [0.2, 0.25) is 0 Å². The van der Waals surface area contributed by atoms with Crippen LogP contribution >= 0.6 is 15.9 Å². The summed E-state index contributed by atoms with van der Waals surface area (Å²) < 4.78 is 1.16. The van der Waals surface area contributed by atoms with E-state index in [-0.39, 0.29) is 0 Å². The lowest BCUT2D eigenvalue weighted by Crippen LogP contribution is -2.49. The van der Waals surface area contributed by atoms with Crippen LogP contribution in [0.1, 0.15) is 45.6 Å². The summed E-state index contributed by atoms with van der Waals surface area (Å²) in [6.45, 7) is 8.40. The lowest BCUT2D eigenvalue weighted by molar-refractivity contribution is 0.108. The van der Waals surface area contributed by atoms with Gasteiger partial charge in [0, 0.05) is 17.1 Å². The molecule has 2 fully saturated rings. The molecule has 0 amide bonds. The fourth-order valence-electron chi connectivity index (χ4n) is 4.63. The van der Waals surface area contributed by atoms with Crippen molar-refractivity contribution in [1.82, 2.24) is 5.32 Å². The van der Waals surface area contributed by atoms with Gasteiger partial charge in [0.05, 0.1) is 0 Å². The molecule has 0 heterocycles. The lowest BCUT2D eigenvalue weighted by atomic mass is 9.68. The number of fused-ring (bicyclic) bond motifs is 2. The van der Waals surface area contributed by atoms with E-state index >= 15 is 0 Å². The molecule has 2 aliphatic carbocycles. The minimum atomic E-state index is 0.447. The van der Waals surface area contributed by atoms with Gasteiger partial charge in [-0.2, -0.15) is 0 Å². The summed E-state index contributed by atoms with van der Waals surface area (Å²) in [7, 11) is 0. The highest BCUT2D eigenvalue weighted by atomic mass is 79.9. The molecule has 2 bridgehead atoms. The van der Waals surface area contributed by atoms with Gasteiger partial charge in [-0.05, 0) is 53.7 Å². The minimum Gasteiger partial charge on any atom is -0.309 e. The maximum absolute atomic E-state index is 3.86. The summed E-state index contributed by atoms with van der Waals surface area (Å²) in [5.41, 5.74) is 2.34. The molecule has 0 radical (unpaired) electrons. The number of hydrogen-bond acceptors (Lipinski definition) is 1. The Hall–Kier alpha value is -0.340. The van der Waals surface area contributed by atoms with Gasteiger partial charge < -0.3 is 5.32 Å². The molecule has 3 rings (SSSR count). The Balaban J connectivity index is 1.71. The SMILES string of the molecule is CC1(C)C(NCc2ccc(Br)cc2)[C@]2(C)CC[C@H]1C2. The van der Waals surface area contributed by atoms with Crippen molar-refractivity contribution in [3.8, 4) is 0 Å². The Labute approximate surface area is 125 Å². The van der Waals surface area contributed by atoms with Gasteiger partial charge >= 0.3 is 0 Å². The molecule has 104 valence electrons. The Morgan fingerprint density at radius 2 is 1.89 bits per heavy atom. The Morgan fingerprint density at radius 3 is 2.47 bits per heavy atom. The zero-order valence-corrected chi connectivity index (χ0v) is 13.8. The van der Waals surface area contributed by atoms with Crippen LogP contribution in [-0.4, -0.2) is 6.04 Å². The average molecular weight is 322 g/mol. The van der Waals surface area contributed by atoms with E-state index in [1.807, 2.05) is 0 Å². The lowest BCUT2D eigenvalue weighted by Gasteiger charge is -2.43. The van der Waals surface area contributed by atoms with Crippen molar-refractivity contribution < 1.29 is 0 Å². The first-order valence-corrected chi connectivity index (χ1v) is 8.19. The molecule has 2 heteroatoms. The Morgan fingerprint density at radius 1 is 1.21 bits per heavy atom. The summed E-state index contributed by atoms with van der Waals surface area (Å²) in [4.78, 5) is 0.